The molecule has 170 valence electrons. The summed E-state index contributed by atoms with van der Waals surface area (Å²) < 4.78 is 5.50. The number of benzene rings is 2. The van der Waals surface area contributed by atoms with Crippen molar-refractivity contribution >= 4 is 11.5 Å². The number of aromatic nitrogens is 1. The number of carbonyl (C=O) groups is 1. The Morgan fingerprint density at radius 1 is 1.09 bits per heavy atom. The molecule has 1 heterocycles. The normalized spacial score (nSPS) is 15.1. The zero-order valence-electron chi connectivity index (χ0n) is 18.4. The van der Waals surface area contributed by atoms with Gasteiger partial charge >= 0.3 is 5.97 Å². The van der Waals surface area contributed by atoms with Gasteiger partial charge in [0.15, 0.2) is 6.61 Å². The number of nitrogens with one attached hydrogen (secondary N) is 1. The molecule has 0 bridgehead atoms. The number of fused-ring (bicyclic) bond motifs is 1. The van der Waals surface area contributed by atoms with Gasteiger partial charge in [0.05, 0.1) is 12.6 Å². The Hall–Kier alpha value is -3.48. The number of nitrogens with zero attached hydrogens (tertiary/aromatic N) is 1. The van der Waals surface area contributed by atoms with E-state index in [1.54, 1.807) is 6.20 Å². The van der Waals surface area contributed by atoms with E-state index < -0.39 is 5.97 Å². The minimum Gasteiger partial charge on any atom is -0.482 e. The van der Waals surface area contributed by atoms with Crippen LogP contribution in [0.15, 0.2) is 79.1 Å². The molecule has 0 radical (unpaired) electrons. The Morgan fingerprint density at radius 3 is 2.76 bits per heavy atom. The molecular formula is C27H28N2O4. The maximum atomic E-state index is 10.9. The molecule has 1 unspecified atom stereocenters. The van der Waals surface area contributed by atoms with Crippen molar-refractivity contribution in [3.05, 3.63) is 101 Å². The summed E-state index contributed by atoms with van der Waals surface area (Å²) in [7, 11) is 0. The molecule has 0 saturated carbocycles. The van der Waals surface area contributed by atoms with Crippen molar-refractivity contribution in [2.24, 2.45) is 0 Å². The lowest BCUT2D eigenvalue weighted by atomic mass is 9.86. The number of pyridine rings is 1. The maximum absolute atomic E-state index is 10.9. The Morgan fingerprint density at radius 2 is 1.97 bits per heavy atom. The zero-order valence-corrected chi connectivity index (χ0v) is 18.4. The number of hydrogen-bond donors (Lipinski definition) is 2. The minimum absolute atomic E-state index is 0.00321. The fourth-order valence-corrected chi connectivity index (χ4v) is 4.16. The number of aliphatic carboxylic acids is 1. The third-order valence-electron chi connectivity index (χ3n) is 5.71. The van der Waals surface area contributed by atoms with Crippen molar-refractivity contribution in [1.82, 2.24) is 10.5 Å². The Labute approximate surface area is 193 Å². The van der Waals surface area contributed by atoms with Gasteiger partial charge in [0.25, 0.3) is 0 Å². The van der Waals surface area contributed by atoms with E-state index >= 15 is 0 Å². The molecule has 4 rings (SSSR count). The summed E-state index contributed by atoms with van der Waals surface area (Å²) in [6, 6.07) is 20.1. The highest BCUT2D eigenvalue weighted by Gasteiger charge is 2.18. The lowest BCUT2D eigenvalue weighted by molar-refractivity contribution is -0.139. The number of hydroxylamine groups is 1. The summed E-state index contributed by atoms with van der Waals surface area (Å²) in [6.07, 6.45) is 9.34. The monoisotopic (exact) mass is 444 g/mol. The third-order valence-corrected chi connectivity index (χ3v) is 5.71. The van der Waals surface area contributed by atoms with Crippen LogP contribution < -0.4 is 10.2 Å². The predicted molar refractivity (Wildman–Crippen MR) is 127 cm³/mol. The molecule has 0 aliphatic heterocycles. The highest BCUT2D eigenvalue weighted by atomic mass is 16.6. The van der Waals surface area contributed by atoms with Crippen LogP contribution >= 0.6 is 0 Å². The first kappa shape index (κ1) is 22.7. The molecule has 0 spiro atoms. The minimum atomic E-state index is -0.974. The smallest absolute Gasteiger partial charge is 0.341 e. The van der Waals surface area contributed by atoms with Crippen molar-refractivity contribution in [3.8, 4) is 5.75 Å². The van der Waals surface area contributed by atoms with E-state index in [0.717, 1.165) is 47.9 Å². The molecule has 1 aliphatic carbocycles. The third kappa shape index (κ3) is 6.28. The quantitative estimate of drug-likeness (QED) is 0.346. The second-order valence-electron chi connectivity index (χ2n) is 8.01. The fourth-order valence-electron chi connectivity index (χ4n) is 4.16. The molecule has 0 amide bonds. The Bertz CT molecular complexity index is 1080. The van der Waals surface area contributed by atoms with Gasteiger partial charge < -0.3 is 9.84 Å². The SMILES string of the molecule is O=C(O)COc1cccc2c1CCCC2=CCONC(Cc1cccnc1)c1ccccc1. The Balaban J connectivity index is 1.42. The van der Waals surface area contributed by atoms with Crippen molar-refractivity contribution in [3.63, 3.8) is 0 Å². The van der Waals surface area contributed by atoms with Gasteiger partial charge in [-0.15, -0.1) is 0 Å². The van der Waals surface area contributed by atoms with E-state index in [-0.39, 0.29) is 12.6 Å². The van der Waals surface area contributed by atoms with Crippen LogP contribution in [-0.4, -0.2) is 29.3 Å². The first-order valence-electron chi connectivity index (χ1n) is 11.2. The number of allylic oxidation sites excluding steroid dienone is 1. The van der Waals surface area contributed by atoms with Crippen molar-refractivity contribution < 1.29 is 19.5 Å². The van der Waals surface area contributed by atoms with Crippen LogP contribution in [0.5, 0.6) is 5.75 Å². The van der Waals surface area contributed by atoms with E-state index in [4.69, 9.17) is 14.7 Å². The van der Waals surface area contributed by atoms with Gasteiger partial charge in [-0.2, -0.15) is 5.48 Å². The molecule has 2 N–H and O–H groups in total. The van der Waals surface area contributed by atoms with E-state index in [1.807, 2.05) is 42.6 Å². The van der Waals surface area contributed by atoms with Crippen LogP contribution in [0.1, 0.15) is 41.1 Å². The van der Waals surface area contributed by atoms with Crippen LogP contribution in [0, 0.1) is 0 Å². The van der Waals surface area contributed by atoms with Crippen molar-refractivity contribution in [2.45, 2.75) is 31.7 Å². The first-order valence-corrected chi connectivity index (χ1v) is 11.2. The zero-order chi connectivity index (χ0) is 22.9. The lowest BCUT2D eigenvalue weighted by Crippen LogP contribution is -2.24. The van der Waals surface area contributed by atoms with Gasteiger partial charge in [-0.25, -0.2) is 4.79 Å². The molecule has 1 atom stereocenters. The topological polar surface area (TPSA) is 80.7 Å². The molecule has 0 fully saturated rings. The van der Waals surface area contributed by atoms with Crippen molar-refractivity contribution in [1.29, 1.82) is 0 Å². The standard InChI is InChI=1S/C27H28N2O4/c30-27(31)19-32-26-13-5-11-23-21(10-4-12-24(23)26)14-16-33-29-25(22-8-2-1-3-9-22)17-20-7-6-15-28-18-20/h1-3,5-9,11,13-15,18,25,29H,4,10,12,16-17,19H2,(H,30,31). The molecule has 3 aromatic rings. The van der Waals surface area contributed by atoms with E-state index in [2.05, 4.69) is 40.8 Å². The van der Waals surface area contributed by atoms with E-state index in [1.165, 1.54) is 5.57 Å². The number of carboxylic acid groups (broad SMARTS) is 1. The molecule has 1 aromatic heterocycles. The largest absolute Gasteiger partial charge is 0.482 e. The highest BCUT2D eigenvalue weighted by molar-refractivity contribution is 5.73. The van der Waals surface area contributed by atoms with Gasteiger partial charge in [-0.1, -0.05) is 54.6 Å². The van der Waals surface area contributed by atoms with Gasteiger partial charge in [-0.05, 0) is 60.1 Å². The molecular weight excluding hydrogens is 416 g/mol. The summed E-state index contributed by atoms with van der Waals surface area (Å²) in [5, 5.41) is 8.93. The summed E-state index contributed by atoms with van der Waals surface area (Å²) in [5.41, 5.74) is 8.90. The summed E-state index contributed by atoms with van der Waals surface area (Å²) >= 11 is 0. The second-order valence-corrected chi connectivity index (χ2v) is 8.01. The number of ether oxygens (including phenoxy) is 1. The number of carboxylic acids is 1. The molecule has 6 nitrogen and oxygen atoms in total. The summed E-state index contributed by atoms with van der Waals surface area (Å²) in [6.45, 7) is 0.0890. The highest BCUT2D eigenvalue weighted by Crippen LogP contribution is 2.36. The second kappa shape index (κ2) is 11.4. The lowest BCUT2D eigenvalue weighted by Gasteiger charge is -2.22. The van der Waals surface area contributed by atoms with Crippen LogP contribution in [0.25, 0.3) is 5.57 Å². The van der Waals surface area contributed by atoms with Gasteiger partial charge in [-0.3, -0.25) is 9.82 Å². The van der Waals surface area contributed by atoms with Crippen LogP contribution in [0.2, 0.25) is 0 Å². The number of rotatable bonds is 10. The summed E-state index contributed by atoms with van der Waals surface area (Å²) in [4.78, 5) is 21.0. The fraction of sp³-hybridized carbons (Fsp3) is 0.259. The molecule has 2 aromatic carbocycles. The van der Waals surface area contributed by atoms with Gasteiger partial charge in [0.2, 0.25) is 0 Å². The average molecular weight is 445 g/mol. The summed E-state index contributed by atoms with van der Waals surface area (Å²) in [5.74, 6) is -0.321. The average Bonchev–Trinajstić information content (AvgIpc) is 2.85. The van der Waals surface area contributed by atoms with E-state index in [9.17, 15) is 4.79 Å². The van der Waals surface area contributed by atoms with E-state index in [0.29, 0.717) is 12.4 Å². The predicted octanol–water partition coefficient (Wildman–Crippen LogP) is 4.77. The molecule has 0 saturated heterocycles. The maximum Gasteiger partial charge on any atom is 0.341 e. The van der Waals surface area contributed by atoms with Crippen LogP contribution in [0.4, 0.5) is 0 Å². The molecule has 33 heavy (non-hydrogen) atoms. The Kier molecular flexibility index (Phi) is 7.85. The first-order chi connectivity index (χ1) is 16.2. The van der Waals surface area contributed by atoms with Crippen LogP contribution in [-0.2, 0) is 22.5 Å². The van der Waals surface area contributed by atoms with Gasteiger partial charge in [0.1, 0.15) is 5.75 Å². The molecule has 6 heteroatoms. The number of hydrogen-bond acceptors (Lipinski definition) is 5. The van der Waals surface area contributed by atoms with Crippen LogP contribution in [0.3, 0.4) is 0 Å². The van der Waals surface area contributed by atoms with Gasteiger partial charge in [0, 0.05) is 18.0 Å². The molecule has 1 aliphatic rings. The van der Waals surface area contributed by atoms with Crippen molar-refractivity contribution in [2.75, 3.05) is 13.2 Å².